The summed E-state index contributed by atoms with van der Waals surface area (Å²) in [4.78, 5) is 11.3. The molecule has 98 valence electrons. The molecule has 0 radical (unpaired) electrons. The zero-order chi connectivity index (χ0) is 13.8. The molecule has 2 aromatic rings. The summed E-state index contributed by atoms with van der Waals surface area (Å²) in [5, 5.41) is 9.76. The minimum Gasteiger partial charge on any atom is -0.478 e. The molecule has 3 nitrogen and oxygen atoms in total. The van der Waals surface area contributed by atoms with E-state index < -0.39 is 12.1 Å². The number of hydrogen-bond donors (Lipinski definition) is 1. The first-order valence-corrected chi connectivity index (χ1v) is 6.23. The van der Waals surface area contributed by atoms with Crippen LogP contribution in [0.2, 0.25) is 10.0 Å². The average Bonchev–Trinajstić information content (AvgIpc) is 2.41. The fourth-order valence-corrected chi connectivity index (χ4v) is 1.93. The summed E-state index contributed by atoms with van der Waals surface area (Å²) < 4.78 is 5.46. The molecule has 0 fully saturated rings. The summed E-state index contributed by atoms with van der Waals surface area (Å²) in [6.07, 6.45) is -1.13. The topological polar surface area (TPSA) is 46.5 Å². The van der Waals surface area contributed by atoms with Crippen LogP contribution in [-0.4, -0.2) is 11.1 Å². The first-order valence-electron chi connectivity index (χ1n) is 5.48. The van der Waals surface area contributed by atoms with Gasteiger partial charge in [-0.3, -0.25) is 0 Å². The molecule has 0 aliphatic carbocycles. The predicted molar refractivity (Wildman–Crippen MR) is 73.9 cm³/mol. The number of hydrogen-bond acceptors (Lipinski definition) is 2. The summed E-state index contributed by atoms with van der Waals surface area (Å²) in [6, 6.07) is 13.5. The van der Waals surface area contributed by atoms with Gasteiger partial charge in [-0.25, -0.2) is 4.79 Å². The highest BCUT2D eigenvalue weighted by Gasteiger charge is 2.23. The van der Waals surface area contributed by atoms with Gasteiger partial charge in [0.05, 0.1) is 5.02 Å². The molecule has 0 amide bonds. The van der Waals surface area contributed by atoms with Crippen LogP contribution in [0.1, 0.15) is 11.7 Å². The van der Waals surface area contributed by atoms with Crippen LogP contribution in [0, 0.1) is 0 Å². The van der Waals surface area contributed by atoms with E-state index >= 15 is 0 Å². The van der Waals surface area contributed by atoms with Crippen LogP contribution in [0.5, 0.6) is 5.75 Å². The lowest BCUT2D eigenvalue weighted by Gasteiger charge is -2.16. The van der Waals surface area contributed by atoms with Gasteiger partial charge in [-0.1, -0.05) is 59.6 Å². The van der Waals surface area contributed by atoms with E-state index in [4.69, 9.17) is 27.9 Å². The molecule has 0 aliphatic rings. The van der Waals surface area contributed by atoms with Crippen molar-refractivity contribution in [3.63, 3.8) is 0 Å². The van der Waals surface area contributed by atoms with Crippen LogP contribution in [0.3, 0.4) is 0 Å². The van der Waals surface area contributed by atoms with Gasteiger partial charge in [0.2, 0.25) is 6.10 Å². The molecular weight excluding hydrogens is 287 g/mol. The Hall–Kier alpha value is -1.71. The van der Waals surface area contributed by atoms with Crippen LogP contribution < -0.4 is 4.74 Å². The summed E-state index contributed by atoms with van der Waals surface area (Å²) in [7, 11) is 0. The van der Waals surface area contributed by atoms with Gasteiger partial charge in [0, 0.05) is 5.56 Å². The summed E-state index contributed by atoms with van der Waals surface area (Å²) in [5.41, 5.74) is 0.533. The number of rotatable bonds is 4. The molecule has 2 rings (SSSR count). The Morgan fingerprint density at radius 2 is 1.74 bits per heavy atom. The van der Waals surface area contributed by atoms with Gasteiger partial charge in [0.1, 0.15) is 10.8 Å². The third-order valence-electron chi connectivity index (χ3n) is 2.49. The Morgan fingerprint density at radius 1 is 1.05 bits per heavy atom. The second kappa shape index (κ2) is 5.95. The van der Waals surface area contributed by atoms with E-state index in [-0.39, 0.29) is 10.8 Å². The molecule has 0 bridgehead atoms. The zero-order valence-corrected chi connectivity index (χ0v) is 11.2. The number of carbonyl (C=O) groups is 1. The summed E-state index contributed by atoms with van der Waals surface area (Å²) >= 11 is 11.8. The van der Waals surface area contributed by atoms with Crippen LogP contribution in [-0.2, 0) is 4.79 Å². The first-order chi connectivity index (χ1) is 9.09. The smallest absolute Gasteiger partial charge is 0.349 e. The van der Waals surface area contributed by atoms with E-state index in [1.54, 1.807) is 48.5 Å². The fraction of sp³-hybridized carbons (Fsp3) is 0.0714. The third-order valence-corrected chi connectivity index (χ3v) is 3.29. The molecule has 1 N–H and O–H groups in total. The van der Waals surface area contributed by atoms with E-state index in [1.165, 1.54) is 0 Å². The highest BCUT2D eigenvalue weighted by molar-refractivity contribution is 6.42. The number of aliphatic carboxylic acids is 1. The van der Waals surface area contributed by atoms with E-state index in [1.807, 2.05) is 0 Å². The molecule has 2 aromatic carbocycles. The van der Waals surface area contributed by atoms with Gasteiger partial charge in [0.25, 0.3) is 0 Å². The van der Waals surface area contributed by atoms with E-state index in [2.05, 4.69) is 0 Å². The van der Waals surface area contributed by atoms with Gasteiger partial charge in [-0.05, 0) is 12.1 Å². The fourth-order valence-electron chi connectivity index (χ4n) is 1.59. The molecule has 0 unspecified atom stereocenters. The predicted octanol–water partition coefficient (Wildman–Crippen LogP) is 4.20. The molecule has 0 spiro atoms. The van der Waals surface area contributed by atoms with Crippen molar-refractivity contribution >= 4 is 29.2 Å². The van der Waals surface area contributed by atoms with Gasteiger partial charge in [-0.2, -0.15) is 0 Å². The average molecular weight is 297 g/mol. The Morgan fingerprint density at radius 3 is 2.37 bits per heavy atom. The molecule has 0 heterocycles. The molecule has 5 heteroatoms. The van der Waals surface area contributed by atoms with E-state index in [0.717, 1.165) is 0 Å². The Labute approximate surface area is 120 Å². The molecule has 1 atom stereocenters. The second-order valence-electron chi connectivity index (χ2n) is 3.80. The van der Waals surface area contributed by atoms with Gasteiger partial charge < -0.3 is 9.84 Å². The van der Waals surface area contributed by atoms with Gasteiger partial charge in [0.15, 0.2) is 0 Å². The molecule has 0 aromatic heterocycles. The number of ether oxygens (including phenoxy) is 1. The molecule has 0 saturated carbocycles. The van der Waals surface area contributed by atoms with Crippen LogP contribution in [0.15, 0.2) is 48.5 Å². The molecule has 0 aliphatic heterocycles. The maximum Gasteiger partial charge on any atom is 0.349 e. The lowest BCUT2D eigenvalue weighted by Crippen LogP contribution is -2.18. The second-order valence-corrected chi connectivity index (χ2v) is 4.58. The van der Waals surface area contributed by atoms with Gasteiger partial charge >= 0.3 is 5.97 Å². The highest BCUT2D eigenvalue weighted by Crippen LogP contribution is 2.34. The summed E-state index contributed by atoms with van der Waals surface area (Å²) in [6.45, 7) is 0. The van der Waals surface area contributed by atoms with Crippen molar-refractivity contribution in [2.24, 2.45) is 0 Å². The molecule has 0 saturated heterocycles. The SMILES string of the molecule is O=C(O)[C@@H](Oc1cccc(Cl)c1Cl)c1ccccc1. The molecule has 19 heavy (non-hydrogen) atoms. The van der Waals surface area contributed by atoms with Gasteiger partial charge in [-0.15, -0.1) is 0 Å². The lowest BCUT2D eigenvalue weighted by molar-refractivity contribution is -0.145. The standard InChI is InChI=1S/C14H10Cl2O3/c15-10-7-4-8-11(12(10)16)19-13(14(17)18)9-5-2-1-3-6-9/h1-8,13H,(H,17,18)/t13-/m0/s1. The normalized spacial score (nSPS) is 11.9. The van der Waals surface area contributed by atoms with Crippen molar-refractivity contribution in [1.29, 1.82) is 0 Å². The Kier molecular flexibility index (Phi) is 4.30. The van der Waals surface area contributed by atoms with E-state index in [0.29, 0.717) is 10.6 Å². The minimum atomic E-state index is -1.13. The van der Waals surface area contributed by atoms with Crippen molar-refractivity contribution in [1.82, 2.24) is 0 Å². The van der Waals surface area contributed by atoms with Crippen molar-refractivity contribution in [3.05, 3.63) is 64.1 Å². The van der Waals surface area contributed by atoms with Crippen molar-refractivity contribution in [2.75, 3.05) is 0 Å². The van der Waals surface area contributed by atoms with E-state index in [9.17, 15) is 9.90 Å². The van der Waals surface area contributed by atoms with Crippen molar-refractivity contribution < 1.29 is 14.6 Å². The van der Waals surface area contributed by atoms with Crippen molar-refractivity contribution in [2.45, 2.75) is 6.10 Å². The number of carboxylic acid groups (broad SMARTS) is 1. The lowest BCUT2D eigenvalue weighted by atomic mass is 10.1. The Bertz CT molecular complexity index is 584. The Balaban J connectivity index is 2.32. The van der Waals surface area contributed by atoms with Crippen LogP contribution in [0.4, 0.5) is 0 Å². The first kappa shape index (κ1) is 13.7. The maximum atomic E-state index is 11.3. The quantitative estimate of drug-likeness (QED) is 0.920. The summed E-state index contributed by atoms with van der Waals surface area (Å²) in [5.74, 6) is -0.854. The molecular formula is C14H10Cl2O3. The minimum absolute atomic E-state index is 0.200. The number of halogens is 2. The maximum absolute atomic E-state index is 11.3. The largest absolute Gasteiger partial charge is 0.478 e. The third kappa shape index (κ3) is 3.19. The monoisotopic (exact) mass is 296 g/mol. The van der Waals surface area contributed by atoms with Crippen LogP contribution in [0.25, 0.3) is 0 Å². The highest BCUT2D eigenvalue weighted by atomic mass is 35.5. The zero-order valence-electron chi connectivity index (χ0n) is 9.72. The van der Waals surface area contributed by atoms with Crippen molar-refractivity contribution in [3.8, 4) is 5.75 Å². The van der Waals surface area contributed by atoms with Crippen LogP contribution >= 0.6 is 23.2 Å². The number of carboxylic acids is 1. The number of benzene rings is 2.